The van der Waals surface area contributed by atoms with Gasteiger partial charge in [0.25, 0.3) is 5.91 Å². The first-order valence-electron chi connectivity index (χ1n) is 5.41. The van der Waals surface area contributed by atoms with Gasteiger partial charge in [0.15, 0.2) is 0 Å². The molecule has 1 aliphatic rings. The molecule has 1 fully saturated rings. The molecule has 1 aromatic carbocycles. The Hall–Kier alpha value is -1.55. The maximum Gasteiger partial charge on any atom is 0.254 e. The van der Waals surface area contributed by atoms with Gasteiger partial charge in [-0.2, -0.15) is 0 Å². The molecular formula is C12H16N2O2. The van der Waals surface area contributed by atoms with Gasteiger partial charge in [0.2, 0.25) is 0 Å². The summed E-state index contributed by atoms with van der Waals surface area (Å²) in [4.78, 5) is 13.9. The van der Waals surface area contributed by atoms with Crippen LogP contribution >= 0.6 is 0 Å². The van der Waals surface area contributed by atoms with Crippen LogP contribution in [0.1, 0.15) is 16.8 Å². The van der Waals surface area contributed by atoms with Crippen LogP contribution in [0.15, 0.2) is 24.3 Å². The van der Waals surface area contributed by atoms with E-state index in [2.05, 4.69) is 0 Å². The van der Waals surface area contributed by atoms with E-state index in [4.69, 9.17) is 10.5 Å². The minimum absolute atomic E-state index is 0.0422. The van der Waals surface area contributed by atoms with E-state index in [1.165, 1.54) is 0 Å². The maximum absolute atomic E-state index is 12.1. The van der Waals surface area contributed by atoms with Gasteiger partial charge in [-0.15, -0.1) is 0 Å². The topological polar surface area (TPSA) is 55.6 Å². The largest absolute Gasteiger partial charge is 0.497 e. The molecule has 0 radical (unpaired) electrons. The summed E-state index contributed by atoms with van der Waals surface area (Å²) < 4.78 is 5.09. The molecule has 1 saturated heterocycles. The normalized spacial score (nSPS) is 19.1. The predicted molar refractivity (Wildman–Crippen MR) is 61.5 cm³/mol. The second-order valence-corrected chi connectivity index (χ2v) is 3.91. The quantitative estimate of drug-likeness (QED) is 0.822. The molecule has 1 atom stereocenters. The summed E-state index contributed by atoms with van der Waals surface area (Å²) in [5.41, 5.74) is 6.24. The molecule has 86 valence electrons. The Bertz CT molecular complexity index is 390. The lowest BCUT2D eigenvalue weighted by molar-refractivity contribution is 0.0481. The minimum Gasteiger partial charge on any atom is -0.497 e. The number of nitrogens with zero attached hydrogens (tertiary/aromatic N) is 1. The number of nitrogens with two attached hydrogens (primary N) is 1. The van der Waals surface area contributed by atoms with Gasteiger partial charge in [-0.05, 0) is 24.6 Å². The van der Waals surface area contributed by atoms with E-state index in [-0.39, 0.29) is 11.9 Å². The zero-order valence-electron chi connectivity index (χ0n) is 9.35. The number of amides is 1. The van der Waals surface area contributed by atoms with Gasteiger partial charge in [0.05, 0.1) is 7.11 Å². The molecule has 0 aliphatic carbocycles. The van der Waals surface area contributed by atoms with E-state index in [9.17, 15) is 4.79 Å². The van der Waals surface area contributed by atoms with Crippen molar-refractivity contribution in [1.82, 2.24) is 4.90 Å². The van der Waals surface area contributed by atoms with Crippen molar-refractivity contribution in [2.75, 3.05) is 20.2 Å². The molecule has 1 amide bonds. The van der Waals surface area contributed by atoms with Crippen molar-refractivity contribution in [3.05, 3.63) is 29.8 Å². The monoisotopic (exact) mass is 220 g/mol. The number of hydrogen-bond donors (Lipinski definition) is 1. The Morgan fingerprint density at radius 3 is 3.00 bits per heavy atom. The van der Waals surface area contributed by atoms with Crippen LogP contribution in [0.5, 0.6) is 5.75 Å². The van der Waals surface area contributed by atoms with E-state index < -0.39 is 0 Å². The minimum atomic E-state index is 0.0422. The number of hydrogen-bond acceptors (Lipinski definition) is 3. The van der Waals surface area contributed by atoms with Crippen LogP contribution in [0.25, 0.3) is 0 Å². The average Bonchev–Trinajstić information content (AvgIpc) is 2.28. The average molecular weight is 220 g/mol. The van der Waals surface area contributed by atoms with Crippen molar-refractivity contribution in [3.63, 3.8) is 0 Å². The second-order valence-electron chi connectivity index (χ2n) is 3.91. The van der Waals surface area contributed by atoms with E-state index in [0.717, 1.165) is 13.0 Å². The number of carbonyl (C=O) groups is 1. The molecule has 2 N–H and O–H groups in total. The fourth-order valence-corrected chi connectivity index (χ4v) is 1.88. The molecule has 1 unspecified atom stereocenters. The summed E-state index contributed by atoms with van der Waals surface area (Å²) in [6.07, 6.45) is 1.01. The SMILES string of the molecule is COc1cccc(C(=O)N2CCC2CN)c1. The highest BCUT2D eigenvalue weighted by molar-refractivity contribution is 5.95. The van der Waals surface area contributed by atoms with Gasteiger partial charge in [-0.25, -0.2) is 0 Å². The third kappa shape index (κ3) is 1.88. The van der Waals surface area contributed by atoms with Crippen LogP contribution in [0.4, 0.5) is 0 Å². The van der Waals surface area contributed by atoms with Crippen LogP contribution < -0.4 is 10.5 Å². The summed E-state index contributed by atoms with van der Waals surface area (Å²) in [5, 5.41) is 0. The highest BCUT2D eigenvalue weighted by Crippen LogP contribution is 2.21. The van der Waals surface area contributed by atoms with Gasteiger partial charge >= 0.3 is 0 Å². The maximum atomic E-state index is 12.1. The van der Waals surface area contributed by atoms with Crippen LogP contribution in [0, 0.1) is 0 Å². The molecule has 1 heterocycles. The fraction of sp³-hybridized carbons (Fsp3) is 0.417. The van der Waals surface area contributed by atoms with Crippen LogP contribution in [0.3, 0.4) is 0 Å². The van der Waals surface area contributed by atoms with E-state index in [1.54, 1.807) is 19.2 Å². The van der Waals surface area contributed by atoms with E-state index >= 15 is 0 Å². The smallest absolute Gasteiger partial charge is 0.254 e. The fourth-order valence-electron chi connectivity index (χ4n) is 1.88. The first-order chi connectivity index (χ1) is 7.76. The van der Waals surface area contributed by atoms with E-state index in [0.29, 0.717) is 17.9 Å². The van der Waals surface area contributed by atoms with E-state index in [1.807, 2.05) is 17.0 Å². The van der Waals surface area contributed by atoms with Gasteiger partial charge in [0, 0.05) is 24.7 Å². The van der Waals surface area contributed by atoms with Gasteiger partial charge in [0.1, 0.15) is 5.75 Å². The molecule has 4 heteroatoms. The van der Waals surface area contributed by atoms with Crippen molar-refractivity contribution < 1.29 is 9.53 Å². The molecule has 0 aromatic heterocycles. The van der Waals surface area contributed by atoms with Crippen molar-refractivity contribution in [3.8, 4) is 5.75 Å². The summed E-state index contributed by atoms with van der Waals surface area (Å²) >= 11 is 0. The Labute approximate surface area is 95.0 Å². The van der Waals surface area contributed by atoms with Crippen molar-refractivity contribution in [2.45, 2.75) is 12.5 Å². The van der Waals surface area contributed by atoms with Crippen molar-refractivity contribution in [1.29, 1.82) is 0 Å². The standard InChI is InChI=1S/C12H16N2O2/c1-16-11-4-2-3-9(7-11)12(15)14-6-5-10(14)8-13/h2-4,7,10H,5-6,8,13H2,1H3. The Morgan fingerprint density at radius 2 is 2.44 bits per heavy atom. The number of rotatable bonds is 3. The van der Waals surface area contributed by atoms with Gasteiger partial charge in [-0.3, -0.25) is 4.79 Å². The van der Waals surface area contributed by atoms with Crippen LogP contribution in [0.2, 0.25) is 0 Å². The van der Waals surface area contributed by atoms with Crippen molar-refractivity contribution in [2.24, 2.45) is 5.73 Å². The molecule has 1 aromatic rings. The molecule has 2 rings (SSSR count). The third-order valence-corrected chi connectivity index (χ3v) is 2.99. The van der Waals surface area contributed by atoms with Crippen LogP contribution in [-0.2, 0) is 0 Å². The zero-order chi connectivity index (χ0) is 11.5. The Kier molecular flexibility index (Phi) is 3.10. The highest BCUT2D eigenvalue weighted by Gasteiger charge is 2.31. The number of likely N-dealkylation sites (tertiary alicyclic amines) is 1. The predicted octanol–water partition coefficient (Wildman–Crippen LogP) is 0.868. The Morgan fingerprint density at radius 1 is 1.62 bits per heavy atom. The lowest BCUT2D eigenvalue weighted by Crippen LogP contribution is -2.54. The molecule has 4 nitrogen and oxygen atoms in total. The molecule has 0 bridgehead atoms. The summed E-state index contributed by atoms with van der Waals surface area (Å²) in [6.45, 7) is 1.34. The lowest BCUT2D eigenvalue weighted by Gasteiger charge is -2.40. The number of ether oxygens (including phenoxy) is 1. The molecule has 0 spiro atoms. The second kappa shape index (κ2) is 4.53. The number of benzene rings is 1. The molecular weight excluding hydrogens is 204 g/mol. The molecule has 1 aliphatic heterocycles. The lowest BCUT2D eigenvalue weighted by atomic mass is 10.0. The zero-order valence-corrected chi connectivity index (χ0v) is 9.35. The van der Waals surface area contributed by atoms with Crippen LogP contribution in [-0.4, -0.2) is 37.0 Å². The summed E-state index contributed by atoms with van der Waals surface area (Å²) in [7, 11) is 1.59. The van der Waals surface area contributed by atoms with Gasteiger partial charge < -0.3 is 15.4 Å². The number of carbonyl (C=O) groups excluding carboxylic acids is 1. The molecule has 16 heavy (non-hydrogen) atoms. The third-order valence-electron chi connectivity index (χ3n) is 2.99. The highest BCUT2D eigenvalue weighted by atomic mass is 16.5. The first kappa shape index (κ1) is 11.0. The summed E-state index contributed by atoms with van der Waals surface area (Å²) in [5.74, 6) is 0.747. The molecule has 0 saturated carbocycles. The first-order valence-corrected chi connectivity index (χ1v) is 5.41. The Balaban J connectivity index is 2.14. The van der Waals surface area contributed by atoms with Gasteiger partial charge in [-0.1, -0.05) is 6.07 Å². The summed E-state index contributed by atoms with van der Waals surface area (Å²) in [6, 6.07) is 7.42. The number of methoxy groups -OCH3 is 1. The van der Waals surface area contributed by atoms with Crippen molar-refractivity contribution >= 4 is 5.91 Å².